The zero-order chi connectivity index (χ0) is 10.4. The molecule has 3 heteroatoms. The maximum Gasteiger partial charge on any atom is 0.153 e. The second-order valence-electron chi connectivity index (χ2n) is 3.03. The summed E-state index contributed by atoms with van der Waals surface area (Å²) in [6.07, 6.45) is 1.01. The highest BCUT2D eigenvalue weighted by atomic mass is 16.6. The summed E-state index contributed by atoms with van der Waals surface area (Å²) in [5, 5.41) is 0. The van der Waals surface area contributed by atoms with Crippen molar-refractivity contribution < 1.29 is 9.57 Å². The smallest absolute Gasteiger partial charge is 0.153 e. The van der Waals surface area contributed by atoms with E-state index < -0.39 is 0 Å². The second-order valence-corrected chi connectivity index (χ2v) is 3.03. The third-order valence-electron chi connectivity index (χ3n) is 1.91. The molecule has 0 saturated heterocycles. The van der Waals surface area contributed by atoms with Crippen molar-refractivity contribution in [1.29, 1.82) is 0 Å². The van der Waals surface area contributed by atoms with Crippen LogP contribution in [0.3, 0.4) is 0 Å². The molecule has 1 aromatic rings. The highest BCUT2D eigenvalue weighted by Crippen LogP contribution is 2.26. The number of hydroxylamine groups is 1. The Kier molecular flexibility index (Phi) is 4.26. The maximum absolute atomic E-state index is 5.57. The lowest BCUT2D eigenvalue weighted by atomic mass is 10.2. The van der Waals surface area contributed by atoms with Gasteiger partial charge in [0, 0.05) is 12.6 Å². The van der Waals surface area contributed by atoms with Crippen LogP contribution < -0.4 is 15.1 Å². The predicted octanol–water partition coefficient (Wildman–Crippen LogP) is 2.30. The molecule has 3 nitrogen and oxygen atoms in total. The first-order valence-corrected chi connectivity index (χ1v) is 4.85. The fourth-order valence-electron chi connectivity index (χ4n) is 1.18. The van der Waals surface area contributed by atoms with Crippen molar-refractivity contribution in [2.24, 2.45) is 0 Å². The molecule has 78 valence electrons. The minimum Gasteiger partial charge on any atom is -0.493 e. The lowest BCUT2D eigenvalue weighted by Crippen LogP contribution is -2.12. The maximum atomic E-state index is 5.57. The molecule has 0 aliphatic heterocycles. The molecule has 0 radical (unpaired) electrons. The molecule has 0 aliphatic rings. The fraction of sp³-hybridized carbons (Fsp3) is 0.455. The van der Waals surface area contributed by atoms with E-state index in [-0.39, 0.29) is 0 Å². The van der Waals surface area contributed by atoms with Gasteiger partial charge in [-0.1, -0.05) is 13.0 Å². The average molecular weight is 195 g/mol. The summed E-state index contributed by atoms with van der Waals surface area (Å²) in [7, 11) is 1.74. The molecule has 0 spiro atoms. The van der Waals surface area contributed by atoms with Crippen LogP contribution in [-0.2, 0) is 0 Å². The Labute approximate surface area is 85.0 Å². The van der Waals surface area contributed by atoms with Gasteiger partial charge in [0.05, 0.1) is 6.61 Å². The van der Waals surface area contributed by atoms with Gasteiger partial charge in [0.1, 0.15) is 5.75 Å². The molecule has 0 bridgehead atoms. The summed E-state index contributed by atoms with van der Waals surface area (Å²) in [6.45, 7) is 4.81. The third kappa shape index (κ3) is 2.64. The van der Waals surface area contributed by atoms with Crippen LogP contribution in [0.25, 0.3) is 0 Å². The third-order valence-corrected chi connectivity index (χ3v) is 1.91. The summed E-state index contributed by atoms with van der Waals surface area (Å²) >= 11 is 0. The number of nitrogens with one attached hydrogen (secondary N) is 1. The minimum absolute atomic E-state index is 0.740. The van der Waals surface area contributed by atoms with E-state index in [1.165, 1.54) is 0 Å². The van der Waals surface area contributed by atoms with E-state index in [9.17, 15) is 0 Å². The highest BCUT2D eigenvalue weighted by molar-refractivity contribution is 5.43. The highest BCUT2D eigenvalue weighted by Gasteiger charge is 2.05. The first-order valence-electron chi connectivity index (χ1n) is 4.85. The van der Waals surface area contributed by atoms with E-state index in [0.29, 0.717) is 0 Å². The van der Waals surface area contributed by atoms with Gasteiger partial charge in [-0.05, 0) is 25.5 Å². The molecular formula is C11H17NO2. The van der Waals surface area contributed by atoms with E-state index in [1.807, 2.05) is 25.1 Å². The fourth-order valence-corrected chi connectivity index (χ4v) is 1.18. The molecule has 0 heterocycles. The van der Waals surface area contributed by atoms with E-state index in [2.05, 4.69) is 12.4 Å². The van der Waals surface area contributed by atoms with Crippen LogP contribution in [0.5, 0.6) is 11.5 Å². The number of hydrogen-bond acceptors (Lipinski definition) is 3. The summed E-state index contributed by atoms with van der Waals surface area (Å²) in [5.74, 6) is 1.70. The predicted molar refractivity (Wildman–Crippen MR) is 56.7 cm³/mol. The molecule has 0 aliphatic carbocycles. The van der Waals surface area contributed by atoms with Crippen LogP contribution in [0.1, 0.15) is 18.9 Å². The molecule has 14 heavy (non-hydrogen) atoms. The Balaban J connectivity index is 2.78. The van der Waals surface area contributed by atoms with Crippen molar-refractivity contribution in [3.63, 3.8) is 0 Å². The van der Waals surface area contributed by atoms with E-state index >= 15 is 0 Å². The van der Waals surface area contributed by atoms with Crippen molar-refractivity contribution in [2.45, 2.75) is 20.3 Å². The Morgan fingerprint density at radius 3 is 2.64 bits per heavy atom. The van der Waals surface area contributed by atoms with Gasteiger partial charge in [0.2, 0.25) is 0 Å². The number of hydrogen-bond donors (Lipinski definition) is 1. The van der Waals surface area contributed by atoms with Crippen molar-refractivity contribution in [2.75, 3.05) is 13.7 Å². The molecule has 1 N–H and O–H groups in total. The lowest BCUT2D eigenvalue weighted by molar-refractivity contribution is 0.220. The summed E-state index contributed by atoms with van der Waals surface area (Å²) in [6, 6.07) is 5.78. The van der Waals surface area contributed by atoms with Crippen molar-refractivity contribution in [3.8, 4) is 11.5 Å². The van der Waals surface area contributed by atoms with Crippen LogP contribution >= 0.6 is 0 Å². The standard InChI is InChI=1S/C11H17NO2/c1-4-8-13-10-6-5-7-11(9(10)2)14-12-3/h5-7,12H,4,8H2,1-3H3. The molecule has 1 aromatic carbocycles. The van der Waals surface area contributed by atoms with Crippen LogP contribution in [0.15, 0.2) is 18.2 Å². The van der Waals surface area contributed by atoms with Gasteiger partial charge in [-0.3, -0.25) is 0 Å². The summed E-state index contributed by atoms with van der Waals surface area (Å²) in [5.41, 5.74) is 3.68. The van der Waals surface area contributed by atoms with Gasteiger partial charge in [0.25, 0.3) is 0 Å². The zero-order valence-electron chi connectivity index (χ0n) is 8.96. The van der Waals surface area contributed by atoms with E-state index in [4.69, 9.17) is 9.57 Å². The molecule has 0 amide bonds. The molecule has 0 aromatic heterocycles. The second kappa shape index (κ2) is 5.50. The van der Waals surface area contributed by atoms with E-state index in [1.54, 1.807) is 7.05 Å². The lowest BCUT2D eigenvalue weighted by Gasteiger charge is -2.11. The van der Waals surface area contributed by atoms with Gasteiger partial charge in [-0.25, -0.2) is 0 Å². The van der Waals surface area contributed by atoms with Gasteiger partial charge < -0.3 is 9.57 Å². The molecule has 0 unspecified atom stereocenters. The van der Waals surface area contributed by atoms with Crippen LogP contribution in [0, 0.1) is 6.92 Å². The van der Waals surface area contributed by atoms with Crippen molar-refractivity contribution in [3.05, 3.63) is 23.8 Å². The van der Waals surface area contributed by atoms with Crippen LogP contribution in [0.2, 0.25) is 0 Å². The van der Waals surface area contributed by atoms with Crippen LogP contribution in [-0.4, -0.2) is 13.7 Å². The van der Waals surface area contributed by atoms with Crippen molar-refractivity contribution >= 4 is 0 Å². The molecule has 0 fully saturated rings. The number of benzene rings is 1. The molecule has 0 saturated carbocycles. The SMILES string of the molecule is CCCOc1cccc(ONC)c1C. The number of rotatable bonds is 5. The van der Waals surface area contributed by atoms with Gasteiger partial charge >= 0.3 is 0 Å². The van der Waals surface area contributed by atoms with Gasteiger partial charge in [-0.2, -0.15) is 5.48 Å². The summed E-state index contributed by atoms with van der Waals surface area (Å²) in [4.78, 5) is 5.23. The Morgan fingerprint density at radius 2 is 2.00 bits per heavy atom. The summed E-state index contributed by atoms with van der Waals surface area (Å²) < 4.78 is 5.57. The molecule has 1 rings (SSSR count). The van der Waals surface area contributed by atoms with Gasteiger partial charge in [-0.15, -0.1) is 0 Å². The van der Waals surface area contributed by atoms with Crippen LogP contribution in [0.4, 0.5) is 0 Å². The zero-order valence-corrected chi connectivity index (χ0v) is 8.96. The van der Waals surface area contributed by atoms with Gasteiger partial charge in [0.15, 0.2) is 5.75 Å². The molecular weight excluding hydrogens is 178 g/mol. The first-order chi connectivity index (χ1) is 6.79. The van der Waals surface area contributed by atoms with E-state index in [0.717, 1.165) is 30.1 Å². The Morgan fingerprint density at radius 1 is 1.29 bits per heavy atom. The van der Waals surface area contributed by atoms with Crippen molar-refractivity contribution in [1.82, 2.24) is 5.48 Å². The largest absolute Gasteiger partial charge is 0.493 e. The minimum atomic E-state index is 0.740. The normalized spacial score (nSPS) is 9.93. The Hall–Kier alpha value is -1.22. The monoisotopic (exact) mass is 195 g/mol. The quantitative estimate of drug-likeness (QED) is 0.731. The Bertz CT molecular complexity index is 287. The first kappa shape index (κ1) is 10.9. The molecule has 0 atom stereocenters. The average Bonchev–Trinajstić information content (AvgIpc) is 2.20. The topological polar surface area (TPSA) is 30.5 Å². The number of ether oxygens (including phenoxy) is 1.